The number of nitrogens with one attached hydrogen (secondary N) is 1. The molecule has 0 saturated carbocycles. The van der Waals surface area contributed by atoms with Gasteiger partial charge in [-0.25, -0.2) is 4.68 Å². The highest BCUT2D eigenvalue weighted by molar-refractivity contribution is 6.18. The van der Waals surface area contributed by atoms with Crippen LogP contribution in [-0.2, 0) is 13.5 Å². The first kappa shape index (κ1) is 11.9. The second-order valence-corrected chi connectivity index (χ2v) is 4.12. The van der Waals surface area contributed by atoms with E-state index in [2.05, 4.69) is 33.0 Å². The molecule has 1 atom stereocenters. The Kier molecular flexibility index (Phi) is 3.93. The van der Waals surface area contributed by atoms with E-state index in [1.54, 1.807) is 11.7 Å². The fourth-order valence-corrected chi connectivity index (χ4v) is 1.76. The van der Waals surface area contributed by atoms with Gasteiger partial charge in [-0.05, 0) is 22.4 Å². The molecule has 0 spiro atoms. The number of rotatable bonds is 5. The molecule has 1 heterocycles. The smallest absolute Gasteiger partial charge is 0.242 e. The number of hydrogen-bond acceptors (Lipinski definition) is 4. The summed E-state index contributed by atoms with van der Waals surface area (Å²) >= 11 is 5.95. The molecular formula is C11H14ClN5. The van der Waals surface area contributed by atoms with Crippen LogP contribution in [-0.4, -0.2) is 32.1 Å². The molecule has 17 heavy (non-hydrogen) atoms. The minimum absolute atomic E-state index is 0.115. The van der Waals surface area contributed by atoms with Gasteiger partial charge in [0.05, 0.1) is 0 Å². The molecular weight excluding hydrogens is 238 g/mol. The van der Waals surface area contributed by atoms with Crippen molar-refractivity contribution in [1.29, 1.82) is 0 Å². The van der Waals surface area contributed by atoms with Crippen molar-refractivity contribution in [2.75, 3.05) is 11.2 Å². The van der Waals surface area contributed by atoms with Crippen LogP contribution in [0.2, 0.25) is 0 Å². The molecule has 1 aromatic carbocycles. The van der Waals surface area contributed by atoms with Crippen molar-refractivity contribution < 1.29 is 0 Å². The minimum atomic E-state index is 0.115. The van der Waals surface area contributed by atoms with Gasteiger partial charge >= 0.3 is 0 Å². The van der Waals surface area contributed by atoms with Gasteiger partial charge in [-0.2, -0.15) is 0 Å². The normalized spacial score (nSPS) is 12.4. The molecule has 0 radical (unpaired) electrons. The van der Waals surface area contributed by atoms with Crippen molar-refractivity contribution in [2.45, 2.75) is 12.5 Å². The van der Waals surface area contributed by atoms with Gasteiger partial charge in [0.2, 0.25) is 5.95 Å². The number of hydrogen-bond donors (Lipinski definition) is 1. The van der Waals surface area contributed by atoms with Gasteiger partial charge in [0.25, 0.3) is 0 Å². The van der Waals surface area contributed by atoms with Gasteiger partial charge in [0.15, 0.2) is 0 Å². The van der Waals surface area contributed by atoms with Gasteiger partial charge < -0.3 is 5.32 Å². The Hall–Kier alpha value is -1.62. The van der Waals surface area contributed by atoms with Crippen LogP contribution < -0.4 is 5.32 Å². The van der Waals surface area contributed by atoms with Crippen LogP contribution in [0.15, 0.2) is 30.3 Å². The fraction of sp³-hybridized carbons (Fsp3) is 0.364. The minimum Gasteiger partial charge on any atom is -0.349 e. The average Bonchev–Trinajstić information content (AvgIpc) is 2.75. The summed E-state index contributed by atoms with van der Waals surface area (Å²) in [5.74, 6) is 1.13. The largest absolute Gasteiger partial charge is 0.349 e. The van der Waals surface area contributed by atoms with Crippen LogP contribution in [0.3, 0.4) is 0 Å². The molecule has 0 saturated heterocycles. The number of aryl methyl sites for hydroxylation is 1. The summed E-state index contributed by atoms with van der Waals surface area (Å²) in [6.07, 6.45) is 0.844. The number of halogens is 1. The highest BCUT2D eigenvalue weighted by Gasteiger charge is 2.11. The predicted molar refractivity (Wildman–Crippen MR) is 67.1 cm³/mol. The third-order valence-corrected chi connectivity index (χ3v) is 2.84. The fourth-order valence-electron chi connectivity index (χ4n) is 1.58. The summed E-state index contributed by atoms with van der Waals surface area (Å²) in [5, 5.41) is 14.4. The van der Waals surface area contributed by atoms with Crippen LogP contribution in [0.5, 0.6) is 0 Å². The number of nitrogens with zero attached hydrogens (tertiary/aromatic N) is 4. The van der Waals surface area contributed by atoms with Crippen LogP contribution in [0, 0.1) is 0 Å². The van der Waals surface area contributed by atoms with E-state index in [9.17, 15) is 0 Å². The zero-order valence-electron chi connectivity index (χ0n) is 9.55. The van der Waals surface area contributed by atoms with E-state index in [0.29, 0.717) is 11.8 Å². The maximum absolute atomic E-state index is 5.95. The first-order valence-corrected chi connectivity index (χ1v) is 5.92. The second-order valence-electron chi connectivity index (χ2n) is 3.81. The molecule has 0 bridgehead atoms. The molecule has 0 aliphatic carbocycles. The number of anilines is 1. The van der Waals surface area contributed by atoms with E-state index >= 15 is 0 Å². The number of aromatic nitrogens is 4. The number of alkyl halides is 1. The van der Waals surface area contributed by atoms with E-state index in [-0.39, 0.29) is 6.04 Å². The highest BCUT2D eigenvalue weighted by atomic mass is 35.5. The Morgan fingerprint density at radius 3 is 2.71 bits per heavy atom. The van der Waals surface area contributed by atoms with Crippen molar-refractivity contribution in [3.05, 3.63) is 35.9 Å². The van der Waals surface area contributed by atoms with Gasteiger partial charge in [0, 0.05) is 19.0 Å². The Balaban J connectivity index is 2.00. The molecule has 0 aliphatic rings. The van der Waals surface area contributed by atoms with Crippen molar-refractivity contribution in [1.82, 2.24) is 20.2 Å². The van der Waals surface area contributed by atoms with E-state index < -0.39 is 0 Å². The maximum Gasteiger partial charge on any atom is 0.242 e. The number of benzene rings is 1. The predicted octanol–water partition coefficient (Wildman–Crippen LogP) is 1.47. The van der Waals surface area contributed by atoms with E-state index in [0.717, 1.165) is 6.42 Å². The Bertz CT molecular complexity index is 456. The lowest BCUT2D eigenvalue weighted by Crippen LogP contribution is -2.25. The van der Waals surface area contributed by atoms with Crippen LogP contribution in [0.25, 0.3) is 0 Å². The second kappa shape index (κ2) is 5.63. The van der Waals surface area contributed by atoms with E-state index in [1.807, 2.05) is 18.2 Å². The van der Waals surface area contributed by atoms with Gasteiger partial charge in [-0.1, -0.05) is 35.4 Å². The summed E-state index contributed by atoms with van der Waals surface area (Å²) in [5.41, 5.74) is 1.24. The van der Waals surface area contributed by atoms with Gasteiger partial charge in [-0.15, -0.1) is 11.6 Å². The molecule has 5 nitrogen and oxygen atoms in total. The Morgan fingerprint density at radius 2 is 2.12 bits per heavy atom. The van der Waals surface area contributed by atoms with Crippen molar-refractivity contribution >= 4 is 17.5 Å². The van der Waals surface area contributed by atoms with E-state index in [1.165, 1.54) is 5.56 Å². The molecule has 1 N–H and O–H groups in total. The lowest BCUT2D eigenvalue weighted by Gasteiger charge is -2.15. The SMILES string of the molecule is Cn1nnnc1NC(CCl)Cc1ccccc1. The summed E-state index contributed by atoms with van der Waals surface area (Å²) in [7, 11) is 1.79. The molecule has 1 aromatic heterocycles. The molecule has 0 fully saturated rings. The summed E-state index contributed by atoms with van der Waals surface area (Å²) in [6.45, 7) is 0. The van der Waals surface area contributed by atoms with Gasteiger partial charge in [0.1, 0.15) is 0 Å². The molecule has 0 aliphatic heterocycles. The summed E-state index contributed by atoms with van der Waals surface area (Å²) < 4.78 is 1.59. The first-order chi connectivity index (χ1) is 8.29. The zero-order chi connectivity index (χ0) is 12.1. The number of tetrazole rings is 1. The topological polar surface area (TPSA) is 55.6 Å². The highest BCUT2D eigenvalue weighted by Crippen LogP contribution is 2.08. The lowest BCUT2D eigenvalue weighted by molar-refractivity contribution is 0.700. The molecule has 90 valence electrons. The average molecular weight is 252 g/mol. The quantitative estimate of drug-likeness (QED) is 0.818. The molecule has 0 amide bonds. The van der Waals surface area contributed by atoms with Crippen molar-refractivity contribution in [2.24, 2.45) is 7.05 Å². The van der Waals surface area contributed by atoms with Gasteiger partial charge in [-0.3, -0.25) is 0 Å². The monoisotopic (exact) mass is 251 g/mol. The third-order valence-electron chi connectivity index (χ3n) is 2.46. The Labute approximate surface area is 105 Å². The molecule has 6 heteroatoms. The third kappa shape index (κ3) is 3.17. The van der Waals surface area contributed by atoms with Crippen molar-refractivity contribution in [3.63, 3.8) is 0 Å². The van der Waals surface area contributed by atoms with Crippen LogP contribution in [0.1, 0.15) is 5.56 Å². The molecule has 2 rings (SSSR count). The Morgan fingerprint density at radius 1 is 1.35 bits per heavy atom. The maximum atomic E-state index is 5.95. The first-order valence-electron chi connectivity index (χ1n) is 5.38. The van der Waals surface area contributed by atoms with Crippen molar-refractivity contribution in [3.8, 4) is 0 Å². The van der Waals surface area contributed by atoms with E-state index in [4.69, 9.17) is 11.6 Å². The van der Waals surface area contributed by atoms with Crippen LogP contribution in [0.4, 0.5) is 5.95 Å². The van der Waals surface area contributed by atoms with Crippen LogP contribution >= 0.6 is 11.6 Å². The zero-order valence-corrected chi connectivity index (χ0v) is 10.3. The summed E-state index contributed by atoms with van der Waals surface area (Å²) in [6, 6.07) is 10.3. The molecule has 2 aromatic rings. The molecule has 1 unspecified atom stereocenters. The standard InChI is InChI=1S/C11H14ClN5/c1-17-11(14-15-16-17)13-10(8-12)7-9-5-3-2-4-6-9/h2-6,10H,7-8H2,1H3,(H,13,14,16). The lowest BCUT2D eigenvalue weighted by atomic mass is 10.1. The summed E-state index contributed by atoms with van der Waals surface area (Å²) in [4.78, 5) is 0.